The zero-order valence-corrected chi connectivity index (χ0v) is 11.3. The number of hydrogen-bond acceptors (Lipinski definition) is 2. The zero-order valence-electron chi connectivity index (χ0n) is 11.3. The van der Waals surface area contributed by atoms with Crippen LogP contribution in [0.4, 0.5) is 0 Å². The molecule has 3 heteroatoms. The lowest BCUT2D eigenvalue weighted by molar-refractivity contribution is -0.137. The molecule has 1 aliphatic rings. The second-order valence-electron chi connectivity index (χ2n) is 5.91. The highest BCUT2D eigenvalue weighted by molar-refractivity contribution is 5.82. The highest BCUT2D eigenvalue weighted by Crippen LogP contribution is 2.23. The molecular formula is C13H26N2O. The number of carbonyl (C=O) groups excluding carboxylic acids is 1. The first-order valence-electron chi connectivity index (χ1n) is 6.39. The van der Waals surface area contributed by atoms with Gasteiger partial charge in [0.15, 0.2) is 0 Å². The topological polar surface area (TPSA) is 32.3 Å². The molecular weight excluding hydrogens is 200 g/mol. The van der Waals surface area contributed by atoms with Gasteiger partial charge < -0.3 is 10.2 Å². The summed E-state index contributed by atoms with van der Waals surface area (Å²) in [5.41, 5.74) is -0.0102. The van der Waals surface area contributed by atoms with E-state index in [9.17, 15) is 4.79 Å². The molecule has 1 heterocycles. The van der Waals surface area contributed by atoms with Crippen LogP contribution in [0.2, 0.25) is 0 Å². The van der Waals surface area contributed by atoms with Crippen molar-refractivity contribution in [2.24, 2.45) is 5.92 Å². The van der Waals surface area contributed by atoms with Gasteiger partial charge in [-0.15, -0.1) is 0 Å². The molecule has 0 spiro atoms. The Morgan fingerprint density at radius 2 is 2.12 bits per heavy atom. The summed E-state index contributed by atoms with van der Waals surface area (Å²) < 4.78 is 0. The molecule has 0 saturated carbocycles. The molecule has 0 aromatic rings. The van der Waals surface area contributed by atoms with Crippen molar-refractivity contribution >= 4 is 5.91 Å². The fourth-order valence-electron chi connectivity index (χ4n) is 2.15. The molecule has 1 saturated heterocycles. The van der Waals surface area contributed by atoms with Gasteiger partial charge in [0.05, 0.1) is 6.04 Å². The van der Waals surface area contributed by atoms with Crippen LogP contribution in [0.5, 0.6) is 0 Å². The molecule has 0 aromatic carbocycles. The standard InChI is InChI=1S/C13H26N2O/c1-10(2)6-9-15-12(16)11(3)14-8-7-13(15,4)5/h10-11,14H,6-9H2,1-5H3. The molecule has 1 N–H and O–H groups in total. The van der Waals surface area contributed by atoms with Gasteiger partial charge in [-0.3, -0.25) is 4.79 Å². The highest BCUT2D eigenvalue weighted by Gasteiger charge is 2.35. The lowest BCUT2D eigenvalue weighted by Crippen LogP contribution is -2.50. The molecule has 94 valence electrons. The lowest BCUT2D eigenvalue weighted by Gasteiger charge is -2.38. The molecule has 0 aromatic heterocycles. The summed E-state index contributed by atoms with van der Waals surface area (Å²) in [6.45, 7) is 12.5. The number of nitrogens with zero attached hydrogens (tertiary/aromatic N) is 1. The Hall–Kier alpha value is -0.570. The average Bonchev–Trinajstić information content (AvgIpc) is 2.23. The quantitative estimate of drug-likeness (QED) is 0.798. The minimum atomic E-state index is -0.0334. The molecule has 1 unspecified atom stereocenters. The predicted molar refractivity (Wildman–Crippen MR) is 67.3 cm³/mol. The van der Waals surface area contributed by atoms with Crippen molar-refractivity contribution in [2.45, 2.75) is 59.0 Å². The predicted octanol–water partition coefficient (Wildman–Crippen LogP) is 2.02. The molecule has 1 amide bonds. The summed E-state index contributed by atoms with van der Waals surface area (Å²) in [7, 11) is 0. The van der Waals surface area contributed by atoms with Crippen LogP contribution in [-0.2, 0) is 4.79 Å². The largest absolute Gasteiger partial charge is 0.336 e. The van der Waals surface area contributed by atoms with E-state index >= 15 is 0 Å². The number of carbonyl (C=O) groups is 1. The van der Waals surface area contributed by atoms with Gasteiger partial charge in [-0.2, -0.15) is 0 Å². The SMILES string of the molecule is CC(C)CCN1C(=O)C(C)NCCC1(C)C. The van der Waals surface area contributed by atoms with E-state index in [2.05, 4.69) is 37.9 Å². The Bertz CT molecular complexity index is 248. The van der Waals surface area contributed by atoms with Crippen molar-refractivity contribution in [2.75, 3.05) is 13.1 Å². The van der Waals surface area contributed by atoms with Gasteiger partial charge >= 0.3 is 0 Å². The number of amides is 1. The summed E-state index contributed by atoms with van der Waals surface area (Å²) in [5.74, 6) is 0.901. The van der Waals surface area contributed by atoms with Crippen LogP contribution >= 0.6 is 0 Å². The summed E-state index contributed by atoms with van der Waals surface area (Å²) in [6.07, 6.45) is 2.11. The molecule has 1 atom stereocenters. The van der Waals surface area contributed by atoms with Gasteiger partial charge in [-0.05, 0) is 46.1 Å². The minimum Gasteiger partial charge on any atom is -0.336 e. The first-order valence-corrected chi connectivity index (χ1v) is 6.39. The van der Waals surface area contributed by atoms with Crippen molar-refractivity contribution < 1.29 is 4.79 Å². The van der Waals surface area contributed by atoms with Crippen molar-refractivity contribution in [3.05, 3.63) is 0 Å². The second kappa shape index (κ2) is 5.17. The average molecular weight is 226 g/mol. The fourth-order valence-corrected chi connectivity index (χ4v) is 2.15. The Labute approximate surface area is 99.6 Å². The number of nitrogens with one attached hydrogen (secondary N) is 1. The molecule has 0 radical (unpaired) electrons. The number of rotatable bonds is 3. The highest BCUT2D eigenvalue weighted by atomic mass is 16.2. The third-order valence-electron chi connectivity index (χ3n) is 3.48. The fraction of sp³-hybridized carbons (Fsp3) is 0.923. The molecule has 3 nitrogen and oxygen atoms in total. The van der Waals surface area contributed by atoms with E-state index < -0.39 is 0 Å². The minimum absolute atomic E-state index is 0.0102. The number of hydrogen-bond donors (Lipinski definition) is 1. The van der Waals surface area contributed by atoms with Crippen LogP contribution < -0.4 is 5.32 Å². The molecule has 1 fully saturated rings. The van der Waals surface area contributed by atoms with Crippen LogP contribution in [-0.4, -0.2) is 35.5 Å². The smallest absolute Gasteiger partial charge is 0.239 e. The third kappa shape index (κ3) is 3.21. The lowest BCUT2D eigenvalue weighted by atomic mass is 9.97. The van der Waals surface area contributed by atoms with Crippen LogP contribution in [0, 0.1) is 5.92 Å². The third-order valence-corrected chi connectivity index (χ3v) is 3.48. The van der Waals surface area contributed by atoms with Crippen molar-refractivity contribution in [3.63, 3.8) is 0 Å². The Morgan fingerprint density at radius 1 is 1.50 bits per heavy atom. The van der Waals surface area contributed by atoms with E-state index in [0.29, 0.717) is 5.92 Å². The van der Waals surface area contributed by atoms with Gasteiger partial charge in [0, 0.05) is 12.1 Å². The summed E-state index contributed by atoms with van der Waals surface area (Å²) in [4.78, 5) is 14.3. The van der Waals surface area contributed by atoms with E-state index in [0.717, 1.165) is 25.9 Å². The van der Waals surface area contributed by atoms with Gasteiger partial charge in [0.2, 0.25) is 5.91 Å². The van der Waals surface area contributed by atoms with Crippen LogP contribution in [0.1, 0.15) is 47.5 Å². The van der Waals surface area contributed by atoms with Crippen LogP contribution in [0.25, 0.3) is 0 Å². The summed E-state index contributed by atoms with van der Waals surface area (Å²) >= 11 is 0. The Kier molecular flexibility index (Phi) is 4.36. The molecule has 1 rings (SSSR count). The Morgan fingerprint density at radius 3 is 2.69 bits per heavy atom. The normalized spacial score (nSPS) is 26.0. The first kappa shape index (κ1) is 13.5. The molecule has 1 aliphatic heterocycles. The maximum atomic E-state index is 12.2. The Balaban J connectivity index is 2.75. The van der Waals surface area contributed by atoms with E-state index in [1.807, 2.05) is 6.92 Å². The van der Waals surface area contributed by atoms with Gasteiger partial charge in [0.1, 0.15) is 0 Å². The second-order valence-corrected chi connectivity index (χ2v) is 5.91. The van der Waals surface area contributed by atoms with Crippen molar-refractivity contribution in [1.82, 2.24) is 10.2 Å². The van der Waals surface area contributed by atoms with Crippen LogP contribution in [0.15, 0.2) is 0 Å². The maximum Gasteiger partial charge on any atom is 0.239 e. The molecule has 0 aliphatic carbocycles. The molecule has 16 heavy (non-hydrogen) atoms. The monoisotopic (exact) mass is 226 g/mol. The van der Waals surface area contributed by atoms with Crippen molar-refractivity contribution in [3.8, 4) is 0 Å². The zero-order chi connectivity index (χ0) is 12.3. The van der Waals surface area contributed by atoms with Gasteiger partial charge in [0.25, 0.3) is 0 Å². The van der Waals surface area contributed by atoms with E-state index in [4.69, 9.17) is 0 Å². The van der Waals surface area contributed by atoms with Crippen molar-refractivity contribution in [1.29, 1.82) is 0 Å². The molecule has 0 bridgehead atoms. The summed E-state index contributed by atoms with van der Waals surface area (Å²) in [5, 5.41) is 3.28. The summed E-state index contributed by atoms with van der Waals surface area (Å²) in [6, 6.07) is -0.0334. The van der Waals surface area contributed by atoms with Crippen LogP contribution in [0.3, 0.4) is 0 Å². The first-order chi connectivity index (χ1) is 7.34. The van der Waals surface area contributed by atoms with Gasteiger partial charge in [-0.1, -0.05) is 13.8 Å². The maximum absolute atomic E-state index is 12.2. The van der Waals surface area contributed by atoms with E-state index in [-0.39, 0.29) is 17.5 Å². The van der Waals surface area contributed by atoms with E-state index in [1.54, 1.807) is 0 Å². The van der Waals surface area contributed by atoms with Gasteiger partial charge in [-0.25, -0.2) is 0 Å². The van der Waals surface area contributed by atoms with E-state index in [1.165, 1.54) is 0 Å².